The summed E-state index contributed by atoms with van der Waals surface area (Å²) in [4.78, 5) is 23.0. The van der Waals surface area contributed by atoms with Crippen molar-refractivity contribution in [3.8, 4) is 0 Å². The SMILES string of the molecule is COC(=O)C1C=CCC(C)C1C(=O)OC. The van der Waals surface area contributed by atoms with Crippen LogP contribution in [0.3, 0.4) is 0 Å². The van der Waals surface area contributed by atoms with E-state index in [4.69, 9.17) is 4.74 Å². The van der Waals surface area contributed by atoms with Gasteiger partial charge in [-0.3, -0.25) is 9.59 Å². The summed E-state index contributed by atoms with van der Waals surface area (Å²) in [6.45, 7) is 1.93. The van der Waals surface area contributed by atoms with Crippen molar-refractivity contribution in [2.45, 2.75) is 13.3 Å². The summed E-state index contributed by atoms with van der Waals surface area (Å²) in [5.41, 5.74) is 0. The van der Waals surface area contributed by atoms with E-state index in [0.717, 1.165) is 6.42 Å². The number of rotatable bonds is 2. The maximum atomic E-state index is 11.5. The zero-order chi connectivity index (χ0) is 11.4. The predicted octanol–water partition coefficient (Wildman–Crippen LogP) is 1.16. The molecule has 0 heterocycles. The first-order valence-electron chi connectivity index (χ1n) is 4.94. The van der Waals surface area contributed by atoms with Crippen LogP contribution in [0.25, 0.3) is 0 Å². The first kappa shape index (κ1) is 11.8. The zero-order valence-corrected chi connectivity index (χ0v) is 9.23. The van der Waals surface area contributed by atoms with Gasteiger partial charge in [-0.05, 0) is 12.3 Å². The molecule has 0 N–H and O–H groups in total. The van der Waals surface area contributed by atoms with Gasteiger partial charge in [0.25, 0.3) is 0 Å². The van der Waals surface area contributed by atoms with Crippen molar-refractivity contribution in [3.05, 3.63) is 12.2 Å². The Bertz CT molecular complexity index is 282. The molecule has 0 aliphatic heterocycles. The lowest BCUT2D eigenvalue weighted by Crippen LogP contribution is -2.36. The van der Waals surface area contributed by atoms with E-state index in [0.29, 0.717) is 0 Å². The Morgan fingerprint density at radius 1 is 1.20 bits per heavy atom. The second-order valence-electron chi connectivity index (χ2n) is 3.74. The zero-order valence-electron chi connectivity index (χ0n) is 9.23. The number of allylic oxidation sites excluding steroid dienone is 1. The van der Waals surface area contributed by atoms with E-state index in [1.54, 1.807) is 6.08 Å². The Labute approximate surface area is 89.2 Å². The summed E-state index contributed by atoms with van der Waals surface area (Å²) in [7, 11) is 2.66. The molecule has 0 bridgehead atoms. The van der Waals surface area contributed by atoms with E-state index >= 15 is 0 Å². The summed E-state index contributed by atoms with van der Waals surface area (Å²) in [6.07, 6.45) is 4.42. The highest BCUT2D eigenvalue weighted by molar-refractivity contribution is 5.84. The van der Waals surface area contributed by atoms with Crippen molar-refractivity contribution in [1.82, 2.24) is 0 Å². The van der Waals surface area contributed by atoms with Crippen molar-refractivity contribution in [2.24, 2.45) is 17.8 Å². The van der Waals surface area contributed by atoms with Gasteiger partial charge in [-0.25, -0.2) is 0 Å². The number of hydrogen-bond acceptors (Lipinski definition) is 4. The number of carbonyl (C=O) groups excluding carboxylic acids is 2. The van der Waals surface area contributed by atoms with Crippen molar-refractivity contribution in [1.29, 1.82) is 0 Å². The fourth-order valence-electron chi connectivity index (χ4n) is 1.94. The van der Waals surface area contributed by atoms with Crippen LogP contribution in [0.4, 0.5) is 0 Å². The molecular weight excluding hydrogens is 196 g/mol. The van der Waals surface area contributed by atoms with Crippen LogP contribution in [0, 0.1) is 17.8 Å². The van der Waals surface area contributed by atoms with Crippen LogP contribution in [0.15, 0.2) is 12.2 Å². The molecule has 0 fully saturated rings. The van der Waals surface area contributed by atoms with Gasteiger partial charge in [0.2, 0.25) is 0 Å². The highest BCUT2D eigenvalue weighted by Crippen LogP contribution is 2.31. The van der Waals surface area contributed by atoms with E-state index in [9.17, 15) is 9.59 Å². The monoisotopic (exact) mass is 212 g/mol. The summed E-state index contributed by atoms with van der Waals surface area (Å²) in [6, 6.07) is 0. The van der Waals surface area contributed by atoms with Crippen molar-refractivity contribution in [3.63, 3.8) is 0 Å². The minimum atomic E-state index is -0.508. The molecule has 1 rings (SSSR count). The molecule has 15 heavy (non-hydrogen) atoms. The molecule has 0 amide bonds. The lowest BCUT2D eigenvalue weighted by Gasteiger charge is -2.28. The molecule has 1 aliphatic carbocycles. The van der Waals surface area contributed by atoms with Crippen LogP contribution in [0.1, 0.15) is 13.3 Å². The maximum absolute atomic E-state index is 11.5. The molecule has 1 aliphatic rings. The Morgan fingerprint density at radius 3 is 2.33 bits per heavy atom. The largest absolute Gasteiger partial charge is 0.469 e. The molecule has 3 unspecified atom stereocenters. The molecule has 0 aromatic rings. The predicted molar refractivity (Wildman–Crippen MR) is 53.9 cm³/mol. The molecule has 0 saturated heterocycles. The fourth-order valence-corrected chi connectivity index (χ4v) is 1.94. The lowest BCUT2D eigenvalue weighted by atomic mass is 9.77. The lowest BCUT2D eigenvalue weighted by molar-refractivity contribution is -0.158. The quantitative estimate of drug-likeness (QED) is 0.509. The van der Waals surface area contributed by atoms with Crippen LogP contribution in [0.2, 0.25) is 0 Å². The third-order valence-electron chi connectivity index (χ3n) is 2.80. The van der Waals surface area contributed by atoms with E-state index in [1.165, 1.54) is 14.2 Å². The minimum Gasteiger partial charge on any atom is -0.469 e. The summed E-state index contributed by atoms with van der Waals surface area (Å²) >= 11 is 0. The van der Waals surface area contributed by atoms with Gasteiger partial charge in [-0.2, -0.15) is 0 Å². The number of hydrogen-bond donors (Lipinski definition) is 0. The molecule has 0 aromatic heterocycles. The Morgan fingerprint density at radius 2 is 1.80 bits per heavy atom. The average molecular weight is 212 g/mol. The molecule has 0 aromatic carbocycles. The van der Waals surface area contributed by atoms with Crippen LogP contribution in [0.5, 0.6) is 0 Å². The second-order valence-corrected chi connectivity index (χ2v) is 3.74. The second kappa shape index (κ2) is 4.96. The van der Waals surface area contributed by atoms with Crippen LogP contribution in [-0.4, -0.2) is 26.2 Å². The summed E-state index contributed by atoms with van der Waals surface area (Å²) < 4.78 is 9.37. The maximum Gasteiger partial charge on any atom is 0.313 e. The van der Waals surface area contributed by atoms with Gasteiger partial charge >= 0.3 is 11.9 Å². The third kappa shape index (κ3) is 2.37. The van der Waals surface area contributed by atoms with Gasteiger partial charge in [-0.1, -0.05) is 19.1 Å². The smallest absolute Gasteiger partial charge is 0.313 e. The highest BCUT2D eigenvalue weighted by atomic mass is 16.5. The van der Waals surface area contributed by atoms with Crippen LogP contribution in [-0.2, 0) is 19.1 Å². The van der Waals surface area contributed by atoms with E-state index in [2.05, 4.69) is 4.74 Å². The molecule has 4 heteroatoms. The molecule has 3 atom stereocenters. The van der Waals surface area contributed by atoms with Crippen LogP contribution < -0.4 is 0 Å². The topological polar surface area (TPSA) is 52.6 Å². The first-order valence-corrected chi connectivity index (χ1v) is 4.94. The van der Waals surface area contributed by atoms with Crippen molar-refractivity contribution < 1.29 is 19.1 Å². The minimum absolute atomic E-state index is 0.103. The van der Waals surface area contributed by atoms with Gasteiger partial charge in [0, 0.05) is 0 Å². The molecule has 4 nitrogen and oxygen atoms in total. The first-order chi connectivity index (χ1) is 7.11. The van der Waals surface area contributed by atoms with E-state index in [-0.39, 0.29) is 17.9 Å². The third-order valence-corrected chi connectivity index (χ3v) is 2.80. The van der Waals surface area contributed by atoms with Crippen molar-refractivity contribution in [2.75, 3.05) is 14.2 Å². The molecule has 0 saturated carbocycles. The summed E-state index contributed by atoms with van der Waals surface area (Å²) in [5.74, 6) is -1.55. The Kier molecular flexibility index (Phi) is 3.88. The van der Waals surface area contributed by atoms with Crippen LogP contribution >= 0.6 is 0 Å². The van der Waals surface area contributed by atoms with E-state index < -0.39 is 11.8 Å². The van der Waals surface area contributed by atoms with Crippen molar-refractivity contribution >= 4 is 11.9 Å². The molecular formula is C11H16O4. The Hall–Kier alpha value is -1.32. The number of esters is 2. The van der Waals surface area contributed by atoms with Gasteiger partial charge in [0.15, 0.2) is 0 Å². The highest BCUT2D eigenvalue weighted by Gasteiger charge is 2.39. The number of ether oxygens (including phenoxy) is 2. The molecule has 84 valence electrons. The number of carbonyl (C=O) groups is 2. The molecule has 0 radical (unpaired) electrons. The fraction of sp³-hybridized carbons (Fsp3) is 0.636. The Balaban J connectivity index is 2.90. The number of methoxy groups -OCH3 is 2. The standard InChI is InChI=1S/C11H16O4/c1-7-5-4-6-8(10(12)14-2)9(7)11(13)15-3/h4,6-9H,5H2,1-3H3. The summed E-state index contributed by atoms with van der Waals surface area (Å²) in [5, 5.41) is 0. The van der Waals surface area contributed by atoms with Gasteiger partial charge < -0.3 is 9.47 Å². The average Bonchev–Trinajstić information content (AvgIpc) is 2.26. The van der Waals surface area contributed by atoms with Gasteiger partial charge in [0.05, 0.1) is 26.1 Å². The van der Waals surface area contributed by atoms with Gasteiger partial charge in [0.1, 0.15) is 0 Å². The van der Waals surface area contributed by atoms with Gasteiger partial charge in [-0.15, -0.1) is 0 Å². The molecule has 0 spiro atoms. The van der Waals surface area contributed by atoms with E-state index in [1.807, 2.05) is 13.0 Å². The normalized spacial score (nSPS) is 29.7.